The van der Waals surface area contributed by atoms with Gasteiger partial charge in [0.15, 0.2) is 10.4 Å². The molecule has 2 aromatic rings. The van der Waals surface area contributed by atoms with E-state index >= 15 is 0 Å². The third-order valence-electron chi connectivity index (χ3n) is 2.59. The summed E-state index contributed by atoms with van der Waals surface area (Å²) in [5.74, 6) is 0. The molecule has 86 valence electrons. The third kappa shape index (κ3) is 2.01. The van der Waals surface area contributed by atoms with Gasteiger partial charge in [-0.15, -0.1) is 0 Å². The number of nitrogens with one attached hydrogen (secondary N) is 1. The molecule has 0 aromatic carbocycles. The molecule has 16 heavy (non-hydrogen) atoms. The zero-order valence-electron chi connectivity index (χ0n) is 9.65. The number of hydrogen-bond acceptors (Lipinski definition) is 3. The van der Waals surface area contributed by atoms with Crippen LogP contribution in [0.1, 0.15) is 12.5 Å². The van der Waals surface area contributed by atoms with Crippen LogP contribution in [0.25, 0.3) is 11.2 Å². The highest BCUT2D eigenvalue weighted by Gasteiger charge is 2.08. The number of H-pyrrole nitrogens is 1. The lowest BCUT2D eigenvalue weighted by Crippen LogP contribution is -2.14. The summed E-state index contributed by atoms with van der Waals surface area (Å²) in [5, 5.41) is 0. The van der Waals surface area contributed by atoms with Crippen molar-refractivity contribution in [3.63, 3.8) is 0 Å². The molecule has 1 atom stereocenters. The lowest BCUT2D eigenvalue weighted by Gasteiger charge is -2.10. The second kappa shape index (κ2) is 4.35. The van der Waals surface area contributed by atoms with E-state index < -0.39 is 0 Å². The standard InChI is InChI=1S/C11H15N3OS/c1-7-4-9-10(12-5-7)14(11(16)13-9)6-8(2)15-3/h4-5,8H,6H2,1-3H3,(H,13,16). The van der Waals surface area contributed by atoms with Gasteiger partial charge in [0, 0.05) is 13.3 Å². The van der Waals surface area contributed by atoms with E-state index in [2.05, 4.69) is 9.97 Å². The first kappa shape index (κ1) is 11.3. The fourth-order valence-corrected chi connectivity index (χ4v) is 1.92. The highest BCUT2D eigenvalue weighted by molar-refractivity contribution is 7.71. The number of rotatable bonds is 3. The van der Waals surface area contributed by atoms with Crippen LogP contribution in [0, 0.1) is 11.7 Å². The van der Waals surface area contributed by atoms with Crippen LogP contribution >= 0.6 is 12.2 Å². The van der Waals surface area contributed by atoms with Gasteiger partial charge in [0.25, 0.3) is 0 Å². The molecule has 0 aliphatic rings. The first-order valence-electron chi connectivity index (χ1n) is 5.19. The van der Waals surface area contributed by atoms with Crippen LogP contribution in [0.3, 0.4) is 0 Å². The number of hydrogen-bond donors (Lipinski definition) is 1. The van der Waals surface area contributed by atoms with E-state index in [0.29, 0.717) is 11.3 Å². The van der Waals surface area contributed by atoms with Crippen molar-refractivity contribution < 1.29 is 4.74 Å². The molecular formula is C11H15N3OS. The van der Waals surface area contributed by atoms with Gasteiger partial charge in [-0.05, 0) is 37.7 Å². The van der Waals surface area contributed by atoms with Gasteiger partial charge >= 0.3 is 0 Å². The number of pyridine rings is 1. The topological polar surface area (TPSA) is 42.8 Å². The van der Waals surface area contributed by atoms with Gasteiger partial charge in [-0.2, -0.15) is 0 Å². The van der Waals surface area contributed by atoms with E-state index in [1.165, 1.54) is 0 Å². The van der Waals surface area contributed by atoms with Crippen molar-refractivity contribution in [1.29, 1.82) is 0 Å². The molecule has 0 bridgehead atoms. The fourth-order valence-electron chi connectivity index (χ4n) is 1.65. The minimum atomic E-state index is 0.119. The van der Waals surface area contributed by atoms with E-state index in [1.807, 2.05) is 30.7 Å². The summed E-state index contributed by atoms with van der Waals surface area (Å²) in [4.78, 5) is 7.56. The van der Waals surface area contributed by atoms with Crippen molar-refractivity contribution in [2.24, 2.45) is 0 Å². The molecule has 0 saturated heterocycles. The van der Waals surface area contributed by atoms with E-state index in [0.717, 1.165) is 16.7 Å². The van der Waals surface area contributed by atoms with Crippen LogP contribution < -0.4 is 0 Å². The van der Waals surface area contributed by atoms with Gasteiger partial charge in [0.1, 0.15) is 0 Å². The zero-order chi connectivity index (χ0) is 11.7. The highest BCUT2D eigenvalue weighted by atomic mass is 32.1. The second-order valence-electron chi connectivity index (χ2n) is 3.97. The molecule has 4 nitrogen and oxygen atoms in total. The number of fused-ring (bicyclic) bond motifs is 1. The molecule has 2 heterocycles. The van der Waals surface area contributed by atoms with Crippen LogP contribution in [0.15, 0.2) is 12.3 Å². The second-order valence-corrected chi connectivity index (χ2v) is 4.36. The predicted octanol–water partition coefficient (Wildman–Crippen LogP) is 2.44. The van der Waals surface area contributed by atoms with Crippen molar-refractivity contribution in [3.05, 3.63) is 22.6 Å². The smallest absolute Gasteiger partial charge is 0.179 e. The summed E-state index contributed by atoms with van der Waals surface area (Å²) < 4.78 is 7.90. The molecule has 1 unspecified atom stereocenters. The van der Waals surface area contributed by atoms with E-state index in [9.17, 15) is 0 Å². The Balaban J connectivity index is 2.52. The van der Waals surface area contributed by atoms with Crippen LogP contribution in [0.4, 0.5) is 0 Å². The molecule has 5 heteroatoms. The van der Waals surface area contributed by atoms with Crippen LogP contribution in [0.2, 0.25) is 0 Å². The summed E-state index contributed by atoms with van der Waals surface area (Å²) in [6.45, 7) is 4.73. The lowest BCUT2D eigenvalue weighted by molar-refractivity contribution is 0.104. The maximum Gasteiger partial charge on any atom is 0.179 e. The number of methoxy groups -OCH3 is 1. The third-order valence-corrected chi connectivity index (χ3v) is 2.91. The number of aromatic amines is 1. The number of nitrogens with zero attached hydrogens (tertiary/aromatic N) is 2. The van der Waals surface area contributed by atoms with Crippen LogP contribution in [0.5, 0.6) is 0 Å². The Bertz CT molecular complexity index is 558. The summed E-state index contributed by atoms with van der Waals surface area (Å²) in [7, 11) is 1.70. The number of aryl methyl sites for hydroxylation is 1. The Morgan fingerprint density at radius 2 is 2.38 bits per heavy atom. The van der Waals surface area contributed by atoms with Crippen molar-refractivity contribution in [1.82, 2.24) is 14.5 Å². The highest BCUT2D eigenvalue weighted by Crippen LogP contribution is 2.13. The van der Waals surface area contributed by atoms with Gasteiger partial charge in [0.2, 0.25) is 0 Å². The molecule has 0 aliphatic carbocycles. The Hall–Kier alpha value is -1.20. The minimum Gasteiger partial charge on any atom is -0.380 e. The minimum absolute atomic E-state index is 0.119. The first-order valence-corrected chi connectivity index (χ1v) is 5.60. The predicted molar refractivity (Wildman–Crippen MR) is 66.1 cm³/mol. The molecule has 0 radical (unpaired) electrons. The Morgan fingerprint density at radius 1 is 1.62 bits per heavy atom. The van der Waals surface area contributed by atoms with Gasteiger partial charge in [-0.25, -0.2) is 4.98 Å². The molecule has 0 spiro atoms. The average Bonchev–Trinajstić information content (AvgIpc) is 2.54. The maximum absolute atomic E-state index is 5.27. The molecule has 0 saturated carbocycles. The summed E-state index contributed by atoms with van der Waals surface area (Å²) in [6.07, 6.45) is 1.97. The van der Waals surface area contributed by atoms with Gasteiger partial charge in [-0.1, -0.05) is 0 Å². The molecule has 0 aliphatic heterocycles. The van der Waals surface area contributed by atoms with Crippen LogP contribution in [-0.2, 0) is 11.3 Å². The summed E-state index contributed by atoms with van der Waals surface area (Å²) in [5.41, 5.74) is 2.99. The number of imidazole rings is 1. The quantitative estimate of drug-likeness (QED) is 0.834. The Morgan fingerprint density at radius 3 is 3.06 bits per heavy atom. The molecule has 0 amide bonds. The molecule has 2 aromatic heterocycles. The SMILES string of the molecule is COC(C)Cn1c(=S)[nH]c2cc(C)cnc21. The van der Waals surface area contributed by atoms with Gasteiger partial charge in [-0.3, -0.25) is 4.57 Å². The molecule has 1 N–H and O–H groups in total. The first-order chi connectivity index (χ1) is 7.61. The van der Waals surface area contributed by atoms with Gasteiger partial charge in [0.05, 0.1) is 18.2 Å². The van der Waals surface area contributed by atoms with E-state index in [1.54, 1.807) is 7.11 Å². The average molecular weight is 237 g/mol. The van der Waals surface area contributed by atoms with Crippen molar-refractivity contribution >= 4 is 23.4 Å². The summed E-state index contributed by atoms with van der Waals surface area (Å²) in [6, 6.07) is 2.05. The van der Waals surface area contributed by atoms with Crippen molar-refractivity contribution in [2.45, 2.75) is 26.5 Å². The zero-order valence-corrected chi connectivity index (χ0v) is 10.5. The van der Waals surface area contributed by atoms with E-state index in [-0.39, 0.29) is 6.10 Å². The van der Waals surface area contributed by atoms with Crippen molar-refractivity contribution in [3.8, 4) is 0 Å². The fraction of sp³-hybridized carbons (Fsp3) is 0.455. The molecular weight excluding hydrogens is 222 g/mol. The normalized spacial score (nSPS) is 13.2. The monoisotopic (exact) mass is 237 g/mol. The molecule has 0 fully saturated rings. The number of aromatic nitrogens is 3. The maximum atomic E-state index is 5.27. The van der Waals surface area contributed by atoms with Crippen molar-refractivity contribution in [2.75, 3.05) is 7.11 Å². The number of ether oxygens (including phenoxy) is 1. The molecule has 2 rings (SSSR count). The largest absolute Gasteiger partial charge is 0.380 e. The lowest BCUT2D eigenvalue weighted by atomic mass is 10.3. The van der Waals surface area contributed by atoms with E-state index in [4.69, 9.17) is 17.0 Å². The Labute approximate surface area is 99.3 Å². The van der Waals surface area contributed by atoms with Gasteiger partial charge < -0.3 is 9.72 Å². The van der Waals surface area contributed by atoms with Crippen LogP contribution in [-0.4, -0.2) is 27.7 Å². The summed E-state index contributed by atoms with van der Waals surface area (Å²) >= 11 is 5.27. The Kier molecular flexibility index (Phi) is 3.07.